The molecular weight excluding hydrogens is 514 g/mol. The number of allylic oxidation sites excluding steroid dienone is 3. The molecule has 1 heterocycles. The van der Waals surface area contributed by atoms with E-state index >= 15 is 0 Å². The minimum Gasteiger partial charge on any atom is -0.493 e. The fraction of sp³-hybridized carbons (Fsp3) is 0.387. The Morgan fingerprint density at radius 3 is 2.10 bits per heavy atom. The maximum Gasteiger partial charge on any atom is 0.337 e. The lowest BCUT2D eigenvalue weighted by molar-refractivity contribution is -0.143. The molecule has 0 bridgehead atoms. The van der Waals surface area contributed by atoms with Crippen molar-refractivity contribution in [1.82, 2.24) is 5.32 Å². The van der Waals surface area contributed by atoms with Gasteiger partial charge >= 0.3 is 11.9 Å². The fourth-order valence-corrected chi connectivity index (χ4v) is 5.37. The second kappa shape index (κ2) is 11.9. The molecule has 0 amide bonds. The second-order valence-electron chi connectivity index (χ2n) is 10.1. The smallest absolute Gasteiger partial charge is 0.337 e. The van der Waals surface area contributed by atoms with Crippen molar-refractivity contribution >= 4 is 17.7 Å². The van der Waals surface area contributed by atoms with Gasteiger partial charge in [-0.15, -0.1) is 0 Å². The number of ketones is 1. The van der Waals surface area contributed by atoms with Gasteiger partial charge in [-0.05, 0) is 68.5 Å². The van der Waals surface area contributed by atoms with E-state index in [4.69, 9.17) is 23.7 Å². The van der Waals surface area contributed by atoms with Crippen LogP contribution in [0.4, 0.5) is 0 Å². The minimum atomic E-state index is -0.693. The SMILES string of the molecule is COc1ccc([C@H]2CC(=O)C3=C(C2)NC(C)=C(C(=O)OC(C)C)[C@@H]3c2ccc(OC(C)=O)c(OC)c2)cc1OC. The average Bonchev–Trinajstić information content (AvgIpc) is 2.91. The first-order chi connectivity index (χ1) is 19.1. The molecule has 0 radical (unpaired) electrons. The van der Waals surface area contributed by atoms with Crippen LogP contribution in [0.1, 0.15) is 63.5 Å². The van der Waals surface area contributed by atoms with Crippen LogP contribution >= 0.6 is 0 Å². The van der Waals surface area contributed by atoms with E-state index in [0.29, 0.717) is 46.1 Å². The van der Waals surface area contributed by atoms with Crippen molar-refractivity contribution in [2.45, 2.75) is 58.5 Å². The van der Waals surface area contributed by atoms with E-state index in [1.807, 2.05) is 25.1 Å². The van der Waals surface area contributed by atoms with Crippen LogP contribution in [0.25, 0.3) is 0 Å². The summed E-state index contributed by atoms with van der Waals surface area (Å²) < 4.78 is 27.2. The fourth-order valence-electron chi connectivity index (χ4n) is 5.37. The number of hydrogen-bond acceptors (Lipinski definition) is 9. The number of nitrogens with one attached hydrogen (secondary N) is 1. The topological polar surface area (TPSA) is 109 Å². The van der Waals surface area contributed by atoms with Gasteiger partial charge in [-0.1, -0.05) is 12.1 Å². The molecule has 40 heavy (non-hydrogen) atoms. The molecule has 9 heteroatoms. The summed E-state index contributed by atoms with van der Waals surface area (Å²) >= 11 is 0. The first-order valence-corrected chi connectivity index (χ1v) is 13.1. The Labute approximate surface area is 234 Å². The Hall–Kier alpha value is -4.27. The molecule has 1 aliphatic carbocycles. The molecule has 2 aliphatic rings. The number of esters is 2. The molecule has 2 aromatic carbocycles. The standard InChI is InChI=1S/C31H35NO8/c1-16(2)39-31(35)28-17(3)32-22-12-21(19-8-10-24(36-5)26(14-19)37-6)13-23(34)30(22)29(28)20-9-11-25(40-18(4)33)27(15-20)38-7/h8-11,14-16,21,29,32H,12-13H2,1-7H3/t21-,29+/m1/s1. The number of carbonyl (C=O) groups is 3. The van der Waals surface area contributed by atoms with Gasteiger partial charge < -0.3 is 29.0 Å². The number of rotatable bonds is 8. The largest absolute Gasteiger partial charge is 0.493 e. The normalized spacial score (nSPS) is 18.6. The van der Waals surface area contributed by atoms with Crippen molar-refractivity contribution in [2.24, 2.45) is 0 Å². The Morgan fingerprint density at radius 1 is 0.875 bits per heavy atom. The maximum absolute atomic E-state index is 13.9. The highest BCUT2D eigenvalue weighted by atomic mass is 16.6. The monoisotopic (exact) mass is 549 g/mol. The van der Waals surface area contributed by atoms with Gasteiger partial charge in [0.2, 0.25) is 0 Å². The molecule has 0 saturated carbocycles. The maximum atomic E-state index is 13.9. The zero-order chi connectivity index (χ0) is 29.1. The number of benzene rings is 2. The summed E-state index contributed by atoms with van der Waals surface area (Å²) in [6, 6.07) is 10.7. The van der Waals surface area contributed by atoms with Crippen LogP contribution in [0, 0.1) is 0 Å². The molecule has 212 valence electrons. The summed E-state index contributed by atoms with van der Waals surface area (Å²) in [5.41, 5.74) is 3.83. The summed E-state index contributed by atoms with van der Waals surface area (Å²) in [4.78, 5) is 38.9. The van der Waals surface area contributed by atoms with Crippen LogP contribution in [0.3, 0.4) is 0 Å². The molecule has 0 spiro atoms. The third kappa shape index (κ3) is 5.68. The van der Waals surface area contributed by atoms with Crippen molar-refractivity contribution in [2.75, 3.05) is 21.3 Å². The molecule has 0 fully saturated rings. The van der Waals surface area contributed by atoms with Gasteiger partial charge in [-0.2, -0.15) is 0 Å². The quantitative estimate of drug-likeness (QED) is 0.361. The summed E-state index contributed by atoms with van der Waals surface area (Å²) in [7, 11) is 4.62. The highest BCUT2D eigenvalue weighted by Crippen LogP contribution is 2.47. The molecule has 2 atom stereocenters. The van der Waals surface area contributed by atoms with Gasteiger partial charge in [0.05, 0.1) is 33.0 Å². The first-order valence-electron chi connectivity index (χ1n) is 13.1. The van der Waals surface area contributed by atoms with Gasteiger partial charge in [0.25, 0.3) is 0 Å². The number of carbonyl (C=O) groups excluding carboxylic acids is 3. The molecule has 1 N–H and O–H groups in total. The number of ether oxygens (including phenoxy) is 5. The number of Topliss-reactive ketones (excluding diaryl/α,β-unsaturated/α-hetero) is 1. The summed E-state index contributed by atoms with van der Waals surface area (Å²) in [5.74, 6) is -0.0965. The molecule has 0 unspecified atom stereocenters. The Balaban J connectivity index is 1.81. The highest BCUT2D eigenvalue weighted by molar-refractivity contribution is 6.04. The molecule has 4 rings (SSSR count). The van der Waals surface area contributed by atoms with E-state index in [-0.39, 0.29) is 30.0 Å². The second-order valence-corrected chi connectivity index (χ2v) is 10.1. The van der Waals surface area contributed by atoms with Gasteiger partial charge in [-0.25, -0.2) is 4.79 Å². The zero-order valence-electron chi connectivity index (χ0n) is 23.9. The van der Waals surface area contributed by atoms with E-state index < -0.39 is 17.9 Å². The molecule has 9 nitrogen and oxygen atoms in total. The van der Waals surface area contributed by atoms with E-state index in [0.717, 1.165) is 11.3 Å². The number of dihydropyridines is 1. The van der Waals surface area contributed by atoms with Gasteiger partial charge in [0.15, 0.2) is 28.8 Å². The lowest BCUT2D eigenvalue weighted by Gasteiger charge is -2.37. The van der Waals surface area contributed by atoms with Crippen LogP contribution in [-0.4, -0.2) is 45.2 Å². The van der Waals surface area contributed by atoms with Gasteiger partial charge in [0, 0.05) is 36.2 Å². The van der Waals surface area contributed by atoms with Crippen molar-refractivity contribution in [1.29, 1.82) is 0 Å². The van der Waals surface area contributed by atoms with Crippen LogP contribution < -0.4 is 24.3 Å². The third-order valence-corrected chi connectivity index (χ3v) is 7.04. The van der Waals surface area contributed by atoms with Gasteiger partial charge in [0.1, 0.15) is 0 Å². The zero-order valence-corrected chi connectivity index (χ0v) is 23.9. The predicted molar refractivity (Wildman–Crippen MR) is 148 cm³/mol. The Kier molecular flexibility index (Phi) is 8.52. The van der Waals surface area contributed by atoms with Crippen molar-refractivity contribution in [3.8, 4) is 23.0 Å². The van der Waals surface area contributed by atoms with Crippen LogP contribution in [-0.2, 0) is 19.1 Å². The summed E-state index contributed by atoms with van der Waals surface area (Å²) in [6.45, 7) is 6.67. The molecule has 0 saturated heterocycles. The molecule has 1 aliphatic heterocycles. The van der Waals surface area contributed by atoms with Crippen molar-refractivity contribution in [3.63, 3.8) is 0 Å². The first kappa shape index (κ1) is 28.7. The summed E-state index contributed by atoms with van der Waals surface area (Å²) in [6.07, 6.45) is 0.460. The van der Waals surface area contributed by atoms with Crippen LogP contribution in [0.5, 0.6) is 23.0 Å². The van der Waals surface area contributed by atoms with E-state index in [2.05, 4.69) is 5.32 Å². The average molecular weight is 550 g/mol. The van der Waals surface area contributed by atoms with Crippen LogP contribution in [0.15, 0.2) is 58.9 Å². The Morgan fingerprint density at radius 2 is 1.48 bits per heavy atom. The highest BCUT2D eigenvalue weighted by Gasteiger charge is 2.42. The lowest BCUT2D eigenvalue weighted by atomic mass is 9.71. The van der Waals surface area contributed by atoms with E-state index in [1.165, 1.54) is 14.0 Å². The van der Waals surface area contributed by atoms with E-state index in [1.54, 1.807) is 46.3 Å². The summed E-state index contributed by atoms with van der Waals surface area (Å²) in [5, 5.41) is 3.35. The van der Waals surface area contributed by atoms with Crippen molar-refractivity contribution < 1.29 is 38.1 Å². The van der Waals surface area contributed by atoms with E-state index in [9.17, 15) is 14.4 Å². The minimum absolute atomic E-state index is 0.0797. The molecule has 2 aromatic rings. The number of hydrogen-bond donors (Lipinski definition) is 1. The predicted octanol–water partition coefficient (Wildman–Crippen LogP) is 4.95. The molecular formula is C31H35NO8. The number of methoxy groups -OCH3 is 3. The molecule has 0 aromatic heterocycles. The lowest BCUT2D eigenvalue weighted by Crippen LogP contribution is -2.36. The van der Waals surface area contributed by atoms with Crippen LogP contribution in [0.2, 0.25) is 0 Å². The van der Waals surface area contributed by atoms with Gasteiger partial charge in [-0.3, -0.25) is 9.59 Å². The third-order valence-electron chi connectivity index (χ3n) is 7.04. The van der Waals surface area contributed by atoms with Crippen molar-refractivity contribution in [3.05, 3.63) is 70.1 Å². The Bertz CT molecular complexity index is 1400.